The van der Waals surface area contributed by atoms with Crippen LogP contribution in [0.2, 0.25) is 0 Å². The highest BCUT2D eigenvalue weighted by atomic mass is 32.2. The molecule has 5 heteroatoms. The first kappa shape index (κ1) is 12.6. The SMILES string of the molecule is CCSc1cnccc1-c1nc2cc(C)cnc2s1. The van der Waals surface area contributed by atoms with Crippen molar-refractivity contribution in [3.05, 3.63) is 36.3 Å². The maximum atomic E-state index is 4.70. The van der Waals surface area contributed by atoms with Crippen LogP contribution >= 0.6 is 23.1 Å². The normalized spacial score (nSPS) is 11.1. The fourth-order valence-electron chi connectivity index (χ4n) is 1.87. The molecule has 0 N–H and O–H groups in total. The maximum Gasteiger partial charge on any atom is 0.143 e. The van der Waals surface area contributed by atoms with Gasteiger partial charge in [0, 0.05) is 29.0 Å². The molecule has 19 heavy (non-hydrogen) atoms. The highest BCUT2D eigenvalue weighted by molar-refractivity contribution is 7.99. The quantitative estimate of drug-likeness (QED) is 0.678. The second-order valence-corrected chi connectivity index (χ2v) is 6.44. The van der Waals surface area contributed by atoms with Gasteiger partial charge in [-0.1, -0.05) is 18.3 Å². The summed E-state index contributed by atoms with van der Waals surface area (Å²) in [5.41, 5.74) is 3.27. The van der Waals surface area contributed by atoms with E-state index in [0.29, 0.717) is 0 Å². The van der Waals surface area contributed by atoms with E-state index in [1.807, 2.05) is 31.6 Å². The van der Waals surface area contributed by atoms with Gasteiger partial charge < -0.3 is 0 Å². The van der Waals surface area contributed by atoms with E-state index < -0.39 is 0 Å². The maximum absolute atomic E-state index is 4.70. The fourth-order valence-corrected chi connectivity index (χ4v) is 3.63. The number of nitrogens with zero attached hydrogens (tertiary/aromatic N) is 3. The lowest BCUT2D eigenvalue weighted by Gasteiger charge is -2.03. The van der Waals surface area contributed by atoms with Crippen molar-refractivity contribution in [2.24, 2.45) is 0 Å². The highest BCUT2D eigenvalue weighted by Crippen LogP contribution is 2.35. The Hall–Kier alpha value is -1.46. The molecule has 0 spiro atoms. The van der Waals surface area contributed by atoms with Crippen molar-refractivity contribution in [1.29, 1.82) is 0 Å². The summed E-state index contributed by atoms with van der Waals surface area (Å²) in [5.74, 6) is 1.03. The van der Waals surface area contributed by atoms with Gasteiger partial charge in [-0.15, -0.1) is 11.8 Å². The molecule has 3 heterocycles. The lowest BCUT2D eigenvalue weighted by molar-refractivity contribution is 1.23. The third-order valence-electron chi connectivity index (χ3n) is 2.70. The Bertz CT molecular complexity index is 722. The highest BCUT2D eigenvalue weighted by Gasteiger charge is 2.11. The number of hydrogen-bond donors (Lipinski definition) is 0. The molecular formula is C14H13N3S2. The van der Waals surface area contributed by atoms with Crippen molar-refractivity contribution in [2.45, 2.75) is 18.7 Å². The molecule has 96 valence electrons. The minimum absolute atomic E-state index is 0.976. The van der Waals surface area contributed by atoms with Gasteiger partial charge in [-0.25, -0.2) is 9.97 Å². The van der Waals surface area contributed by atoms with Crippen LogP contribution in [0.3, 0.4) is 0 Å². The van der Waals surface area contributed by atoms with Crippen molar-refractivity contribution in [1.82, 2.24) is 15.0 Å². The number of aryl methyl sites for hydroxylation is 1. The molecule has 0 aliphatic rings. The third kappa shape index (κ3) is 2.48. The summed E-state index contributed by atoms with van der Waals surface area (Å²) in [7, 11) is 0. The first-order valence-electron chi connectivity index (χ1n) is 6.08. The topological polar surface area (TPSA) is 38.7 Å². The first-order chi connectivity index (χ1) is 9.28. The molecule has 0 radical (unpaired) electrons. The second-order valence-electron chi connectivity index (χ2n) is 4.16. The molecule has 0 bridgehead atoms. The first-order valence-corrected chi connectivity index (χ1v) is 7.88. The van der Waals surface area contributed by atoms with Crippen LogP contribution < -0.4 is 0 Å². The average molecular weight is 287 g/mol. The van der Waals surface area contributed by atoms with E-state index in [1.54, 1.807) is 23.1 Å². The van der Waals surface area contributed by atoms with E-state index in [4.69, 9.17) is 4.98 Å². The summed E-state index contributed by atoms with van der Waals surface area (Å²) in [5, 5.41) is 1.02. The van der Waals surface area contributed by atoms with Crippen LogP contribution in [-0.2, 0) is 0 Å². The Morgan fingerprint density at radius 2 is 2.21 bits per heavy atom. The number of rotatable bonds is 3. The van der Waals surface area contributed by atoms with Gasteiger partial charge in [-0.3, -0.25) is 4.98 Å². The van der Waals surface area contributed by atoms with Crippen molar-refractivity contribution < 1.29 is 0 Å². The van der Waals surface area contributed by atoms with E-state index >= 15 is 0 Å². The predicted molar refractivity (Wildman–Crippen MR) is 81.8 cm³/mol. The minimum atomic E-state index is 0.976. The molecular weight excluding hydrogens is 274 g/mol. The second kappa shape index (κ2) is 5.27. The van der Waals surface area contributed by atoms with Gasteiger partial charge in [-0.05, 0) is 30.4 Å². The molecule has 0 aromatic carbocycles. The predicted octanol–water partition coefficient (Wildman–Crippen LogP) is 4.17. The Balaban J connectivity index is 2.13. The summed E-state index contributed by atoms with van der Waals surface area (Å²) in [6.07, 6.45) is 5.62. The molecule has 0 atom stereocenters. The van der Waals surface area contributed by atoms with Crippen LogP contribution in [0.4, 0.5) is 0 Å². The summed E-state index contributed by atoms with van der Waals surface area (Å²) in [6, 6.07) is 4.11. The molecule has 3 aromatic rings. The molecule has 3 nitrogen and oxygen atoms in total. The number of pyridine rings is 2. The fraction of sp³-hybridized carbons (Fsp3) is 0.214. The standard InChI is InChI=1S/C14H13N3S2/c1-3-18-12-8-15-5-4-10(12)13-17-11-6-9(2)7-16-14(11)19-13/h4-8H,3H2,1-2H3. The monoisotopic (exact) mass is 287 g/mol. The number of thioether (sulfide) groups is 1. The summed E-state index contributed by atoms with van der Waals surface area (Å²) >= 11 is 3.43. The number of fused-ring (bicyclic) bond motifs is 1. The zero-order valence-corrected chi connectivity index (χ0v) is 12.4. The van der Waals surface area contributed by atoms with Crippen molar-refractivity contribution >= 4 is 33.4 Å². The van der Waals surface area contributed by atoms with Crippen molar-refractivity contribution in [3.8, 4) is 10.6 Å². The zero-order chi connectivity index (χ0) is 13.2. The van der Waals surface area contributed by atoms with Gasteiger partial charge in [0.25, 0.3) is 0 Å². The number of hydrogen-bond acceptors (Lipinski definition) is 5. The Morgan fingerprint density at radius 3 is 3.05 bits per heavy atom. The van der Waals surface area contributed by atoms with Gasteiger partial charge in [0.2, 0.25) is 0 Å². The van der Waals surface area contributed by atoms with E-state index in [2.05, 4.69) is 23.0 Å². The van der Waals surface area contributed by atoms with Crippen molar-refractivity contribution in [3.63, 3.8) is 0 Å². The average Bonchev–Trinajstić information content (AvgIpc) is 2.82. The lowest BCUT2D eigenvalue weighted by Crippen LogP contribution is -1.84. The van der Waals surface area contributed by atoms with Crippen LogP contribution in [0.15, 0.2) is 35.6 Å². The van der Waals surface area contributed by atoms with Gasteiger partial charge in [0.15, 0.2) is 0 Å². The lowest BCUT2D eigenvalue weighted by atomic mass is 10.3. The van der Waals surface area contributed by atoms with E-state index in [0.717, 1.165) is 32.2 Å². The van der Waals surface area contributed by atoms with Gasteiger partial charge >= 0.3 is 0 Å². The molecule has 3 aromatic heterocycles. The third-order valence-corrected chi connectivity index (χ3v) is 4.64. The molecule has 0 unspecified atom stereocenters. The summed E-state index contributed by atoms with van der Waals surface area (Å²) in [4.78, 5) is 15.5. The zero-order valence-electron chi connectivity index (χ0n) is 10.8. The molecule has 0 saturated heterocycles. The molecule has 0 amide bonds. The largest absolute Gasteiger partial charge is 0.264 e. The Morgan fingerprint density at radius 1 is 1.32 bits per heavy atom. The van der Waals surface area contributed by atoms with Crippen LogP contribution in [0.5, 0.6) is 0 Å². The van der Waals surface area contributed by atoms with E-state index in [-0.39, 0.29) is 0 Å². The molecule has 0 aliphatic heterocycles. The van der Waals surface area contributed by atoms with E-state index in [9.17, 15) is 0 Å². The Kier molecular flexibility index (Phi) is 3.48. The molecule has 3 rings (SSSR count). The van der Waals surface area contributed by atoms with E-state index in [1.165, 1.54) is 4.90 Å². The number of aromatic nitrogens is 3. The summed E-state index contributed by atoms with van der Waals surface area (Å²) in [6.45, 7) is 4.18. The minimum Gasteiger partial charge on any atom is -0.264 e. The molecule has 0 fully saturated rings. The summed E-state index contributed by atoms with van der Waals surface area (Å²) < 4.78 is 0. The van der Waals surface area contributed by atoms with Gasteiger partial charge in [-0.2, -0.15) is 0 Å². The number of thiazole rings is 1. The van der Waals surface area contributed by atoms with Crippen LogP contribution in [0.25, 0.3) is 20.9 Å². The van der Waals surface area contributed by atoms with Gasteiger partial charge in [0.05, 0.1) is 0 Å². The van der Waals surface area contributed by atoms with Gasteiger partial charge in [0.1, 0.15) is 15.4 Å². The Labute approximate surface area is 120 Å². The molecule has 0 saturated carbocycles. The van der Waals surface area contributed by atoms with Crippen LogP contribution in [-0.4, -0.2) is 20.7 Å². The van der Waals surface area contributed by atoms with Crippen LogP contribution in [0, 0.1) is 6.92 Å². The van der Waals surface area contributed by atoms with Crippen LogP contribution in [0.1, 0.15) is 12.5 Å². The van der Waals surface area contributed by atoms with Crippen molar-refractivity contribution in [2.75, 3.05) is 5.75 Å². The molecule has 0 aliphatic carbocycles. The smallest absolute Gasteiger partial charge is 0.143 e.